The van der Waals surface area contributed by atoms with Gasteiger partial charge in [0.1, 0.15) is 18.2 Å². The van der Waals surface area contributed by atoms with Gasteiger partial charge in [-0.05, 0) is 29.8 Å². The number of aromatic nitrogens is 3. The Kier molecular flexibility index (Phi) is 5.35. The molecule has 0 unspecified atom stereocenters. The monoisotopic (exact) mass is 417 g/mol. The van der Waals surface area contributed by atoms with Crippen LogP contribution in [0.5, 0.6) is 5.75 Å². The summed E-state index contributed by atoms with van der Waals surface area (Å²) >= 11 is 0. The predicted molar refractivity (Wildman–Crippen MR) is 111 cm³/mol. The highest BCUT2D eigenvalue weighted by atomic mass is 16.6. The highest BCUT2D eigenvalue weighted by molar-refractivity contribution is 5.95. The van der Waals surface area contributed by atoms with Gasteiger partial charge in [0, 0.05) is 30.0 Å². The highest BCUT2D eigenvalue weighted by Gasteiger charge is 2.15. The van der Waals surface area contributed by atoms with Crippen LogP contribution in [0.1, 0.15) is 16.1 Å². The summed E-state index contributed by atoms with van der Waals surface area (Å²) in [5.41, 5.74) is 0.542. The van der Waals surface area contributed by atoms with Crippen molar-refractivity contribution in [2.45, 2.75) is 6.61 Å². The maximum atomic E-state index is 11.3. The molecule has 2 aromatic heterocycles. The van der Waals surface area contributed by atoms with Crippen molar-refractivity contribution < 1.29 is 19.6 Å². The Morgan fingerprint density at radius 3 is 2.58 bits per heavy atom. The first-order chi connectivity index (χ1) is 15.0. The number of anilines is 2. The first kappa shape index (κ1) is 19.7. The summed E-state index contributed by atoms with van der Waals surface area (Å²) in [6, 6.07) is 13.4. The topological polar surface area (TPSA) is 140 Å². The number of carboxylic acids is 1. The number of nitrogens with one attached hydrogen (secondary N) is 1. The molecule has 10 heteroatoms. The van der Waals surface area contributed by atoms with Gasteiger partial charge in [-0.25, -0.2) is 19.7 Å². The van der Waals surface area contributed by atoms with Crippen molar-refractivity contribution in [1.29, 1.82) is 0 Å². The lowest BCUT2D eigenvalue weighted by atomic mass is 10.1. The number of nitrogens with zero attached hydrogens (tertiary/aromatic N) is 4. The molecule has 0 bridgehead atoms. The number of fused-ring (bicyclic) bond motifs is 1. The van der Waals surface area contributed by atoms with Gasteiger partial charge in [0.25, 0.3) is 5.69 Å². The van der Waals surface area contributed by atoms with E-state index >= 15 is 0 Å². The quantitative estimate of drug-likeness (QED) is 0.338. The van der Waals surface area contributed by atoms with Gasteiger partial charge in [0.2, 0.25) is 0 Å². The fourth-order valence-electron chi connectivity index (χ4n) is 3.04. The van der Waals surface area contributed by atoms with Crippen molar-refractivity contribution in [2.24, 2.45) is 0 Å². The molecule has 0 aliphatic rings. The molecular weight excluding hydrogens is 402 g/mol. The second-order valence-electron chi connectivity index (χ2n) is 6.41. The Morgan fingerprint density at radius 1 is 1.03 bits per heavy atom. The van der Waals surface area contributed by atoms with Crippen molar-refractivity contribution in [3.63, 3.8) is 0 Å². The zero-order valence-corrected chi connectivity index (χ0v) is 15.9. The van der Waals surface area contributed by atoms with Crippen molar-refractivity contribution in [2.75, 3.05) is 5.32 Å². The lowest BCUT2D eigenvalue weighted by Crippen LogP contribution is -2.08. The lowest BCUT2D eigenvalue weighted by Gasteiger charge is -2.11. The van der Waals surface area contributed by atoms with Crippen LogP contribution in [0.25, 0.3) is 10.8 Å². The smallest absolute Gasteiger partial charge is 0.358 e. The maximum Gasteiger partial charge on any atom is 0.358 e. The SMILES string of the molecule is O=C(O)c1nccnc1Nc1cc(COc2ccc([N+](=O)[O-])c3ccccc23)ccn1. The fourth-order valence-corrected chi connectivity index (χ4v) is 3.04. The number of hydrogen-bond acceptors (Lipinski definition) is 8. The Hall–Kier alpha value is -4.60. The molecule has 10 nitrogen and oxygen atoms in total. The average molecular weight is 417 g/mol. The Labute approximate surface area is 175 Å². The summed E-state index contributed by atoms with van der Waals surface area (Å²) in [5.74, 6) is -0.255. The molecule has 31 heavy (non-hydrogen) atoms. The summed E-state index contributed by atoms with van der Waals surface area (Å²) in [4.78, 5) is 34.1. The summed E-state index contributed by atoms with van der Waals surface area (Å²) in [6.45, 7) is 0.172. The number of carboxylic acid groups (broad SMARTS) is 1. The van der Waals surface area contributed by atoms with Crippen molar-refractivity contribution >= 4 is 34.1 Å². The minimum atomic E-state index is -1.21. The van der Waals surface area contributed by atoms with Crippen molar-refractivity contribution in [3.8, 4) is 5.75 Å². The summed E-state index contributed by atoms with van der Waals surface area (Å²) in [5, 5.41) is 24.5. The van der Waals surface area contributed by atoms with Gasteiger partial charge in [-0.2, -0.15) is 0 Å². The molecule has 4 aromatic rings. The number of ether oxygens (including phenoxy) is 1. The minimum absolute atomic E-state index is 0.0107. The molecule has 0 fully saturated rings. The van der Waals surface area contributed by atoms with Gasteiger partial charge in [0.05, 0.1) is 10.3 Å². The number of aromatic carboxylic acids is 1. The van der Waals surface area contributed by atoms with Crippen LogP contribution in [0.2, 0.25) is 0 Å². The molecule has 2 aromatic carbocycles. The number of nitro groups is 1. The van der Waals surface area contributed by atoms with Crippen LogP contribution >= 0.6 is 0 Å². The van der Waals surface area contributed by atoms with Crippen LogP contribution in [0.3, 0.4) is 0 Å². The van der Waals surface area contributed by atoms with Crippen LogP contribution in [-0.4, -0.2) is 31.0 Å². The Morgan fingerprint density at radius 2 is 1.81 bits per heavy atom. The van der Waals surface area contributed by atoms with E-state index in [0.29, 0.717) is 22.3 Å². The molecule has 2 N–H and O–H groups in total. The number of non-ortho nitro benzene ring substituents is 1. The fraction of sp³-hybridized carbons (Fsp3) is 0.0476. The van der Waals surface area contributed by atoms with E-state index in [4.69, 9.17) is 4.74 Å². The molecule has 2 heterocycles. The van der Waals surface area contributed by atoms with Gasteiger partial charge in [0.15, 0.2) is 11.5 Å². The number of nitro benzene ring substituents is 1. The van der Waals surface area contributed by atoms with Gasteiger partial charge >= 0.3 is 5.97 Å². The maximum absolute atomic E-state index is 11.3. The summed E-state index contributed by atoms with van der Waals surface area (Å²) in [6.07, 6.45) is 4.22. The van der Waals surface area contributed by atoms with Gasteiger partial charge in [-0.15, -0.1) is 0 Å². The number of pyridine rings is 1. The normalized spacial score (nSPS) is 10.6. The minimum Gasteiger partial charge on any atom is -0.488 e. The zero-order valence-electron chi connectivity index (χ0n) is 15.9. The Bertz CT molecular complexity index is 1290. The van der Waals surface area contributed by atoms with E-state index in [9.17, 15) is 20.0 Å². The second kappa shape index (κ2) is 8.41. The predicted octanol–water partition coefficient (Wildman–Crippen LogP) is 3.95. The summed E-state index contributed by atoms with van der Waals surface area (Å²) in [7, 11) is 0. The number of benzene rings is 2. The number of hydrogen-bond donors (Lipinski definition) is 2. The van der Waals surface area contributed by atoms with E-state index in [-0.39, 0.29) is 23.8 Å². The van der Waals surface area contributed by atoms with Crippen LogP contribution < -0.4 is 10.1 Å². The molecule has 154 valence electrons. The third-order valence-electron chi connectivity index (χ3n) is 4.42. The van der Waals surface area contributed by atoms with E-state index < -0.39 is 10.9 Å². The molecule has 0 saturated carbocycles. The van der Waals surface area contributed by atoms with E-state index in [1.165, 1.54) is 18.5 Å². The standard InChI is InChI=1S/C21H15N5O5/c27-21(28)19-20(24-10-9-23-19)25-18-11-13(7-8-22-18)12-31-17-6-5-16(26(29)30)14-3-1-2-4-15(14)17/h1-11H,12H2,(H,27,28)(H,22,24,25). The summed E-state index contributed by atoms with van der Waals surface area (Å²) < 4.78 is 5.91. The van der Waals surface area contributed by atoms with E-state index in [2.05, 4.69) is 20.3 Å². The van der Waals surface area contributed by atoms with Gasteiger partial charge in [-0.1, -0.05) is 18.2 Å². The molecular formula is C21H15N5O5. The third kappa shape index (κ3) is 4.22. The van der Waals surface area contributed by atoms with Crippen molar-refractivity contribution in [1.82, 2.24) is 15.0 Å². The van der Waals surface area contributed by atoms with Gasteiger partial charge < -0.3 is 15.2 Å². The van der Waals surface area contributed by atoms with E-state index in [1.807, 2.05) is 0 Å². The molecule has 0 aliphatic carbocycles. The number of carbonyl (C=O) groups is 1. The van der Waals surface area contributed by atoms with Crippen LogP contribution in [0.15, 0.2) is 67.1 Å². The van der Waals surface area contributed by atoms with Crippen LogP contribution in [0, 0.1) is 10.1 Å². The Balaban J connectivity index is 1.55. The average Bonchev–Trinajstić information content (AvgIpc) is 2.77. The highest BCUT2D eigenvalue weighted by Crippen LogP contribution is 2.33. The second-order valence-corrected chi connectivity index (χ2v) is 6.41. The van der Waals surface area contributed by atoms with Gasteiger partial charge in [-0.3, -0.25) is 10.1 Å². The molecule has 0 saturated heterocycles. The first-order valence-electron chi connectivity index (χ1n) is 9.08. The van der Waals surface area contributed by atoms with Crippen LogP contribution in [-0.2, 0) is 6.61 Å². The lowest BCUT2D eigenvalue weighted by molar-refractivity contribution is -0.383. The van der Waals surface area contributed by atoms with Crippen molar-refractivity contribution in [3.05, 3.63) is 88.5 Å². The molecule has 4 rings (SSSR count). The molecule has 0 spiro atoms. The molecule has 0 amide bonds. The zero-order chi connectivity index (χ0) is 21.8. The number of rotatable bonds is 7. The first-order valence-corrected chi connectivity index (χ1v) is 9.08. The van der Waals surface area contributed by atoms with E-state index in [0.717, 1.165) is 5.56 Å². The van der Waals surface area contributed by atoms with Crippen LogP contribution in [0.4, 0.5) is 17.3 Å². The molecule has 0 radical (unpaired) electrons. The molecule has 0 atom stereocenters. The van der Waals surface area contributed by atoms with E-state index in [1.54, 1.807) is 48.7 Å². The third-order valence-corrected chi connectivity index (χ3v) is 4.42. The largest absolute Gasteiger partial charge is 0.488 e. The molecule has 0 aliphatic heterocycles.